The van der Waals surface area contributed by atoms with Gasteiger partial charge >= 0.3 is 5.97 Å². The third kappa shape index (κ3) is 2.35. The Hall–Kier alpha value is -1.82. The second-order valence-corrected chi connectivity index (χ2v) is 5.46. The van der Waals surface area contributed by atoms with E-state index in [0.717, 1.165) is 23.0 Å². The largest absolute Gasteiger partial charge is 0.465 e. The average molecular weight is 275 g/mol. The number of hydrogen-bond donors (Lipinski definition) is 0. The summed E-state index contributed by atoms with van der Waals surface area (Å²) in [5.74, 6) is 0.642. The molecule has 0 radical (unpaired) electrons. The standard InChI is InChI=1S/C13H13N3O2S/c1-16-11(9-5-3-2-4-6-9)14-15-13(16)19-10-7-8-18-12(10)17/h2-6,10H,7-8H2,1H3/t10-/m1/s1. The van der Waals surface area contributed by atoms with Gasteiger partial charge in [-0.15, -0.1) is 10.2 Å². The number of ether oxygens (including phenoxy) is 1. The minimum Gasteiger partial charge on any atom is -0.465 e. The van der Waals surface area contributed by atoms with Crippen molar-refractivity contribution in [3.63, 3.8) is 0 Å². The van der Waals surface area contributed by atoms with Gasteiger partial charge in [-0.2, -0.15) is 0 Å². The molecule has 1 fully saturated rings. The van der Waals surface area contributed by atoms with Crippen molar-refractivity contribution in [1.29, 1.82) is 0 Å². The molecule has 1 atom stereocenters. The van der Waals surface area contributed by atoms with Crippen LogP contribution in [0.5, 0.6) is 0 Å². The molecule has 0 N–H and O–H groups in total. The van der Waals surface area contributed by atoms with E-state index in [2.05, 4.69) is 10.2 Å². The SMILES string of the molecule is Cn1c(S[C@@H]2CCOC2=O)nnc1-c1ccccc1. The second-order valence-electron chi connectivity index (χ2n) is 4.29. The topological polar surface area (TPSA) is 57.0 Å². The summed E-state index contributed by atoms with van der Waals surface area (Å²) in [5, 5.41) is 8.93. The zero-order chi connectivity index (χ0) is 13.2. The van der Waals surface area contributed by atoms with Gasteiger partial charge in [0.25, 0.3) is 0 Å². The van der Waals surface area contributed by atoms with Gasteiger partial charge in [-0.3, -0.25) is 4.79 Å². The Morgan fingerprint density at radius 2 is 2.11 bits per heavy atom. The smallest absolute Gasteiger partial charge is 0.319 e. The van der Waals surface area contributed by atoms with Gasteiger partial charge in [0.1, 0.15) is 5.25 Å². The van der Waals surface area contributed by atoms with Crippen LogP contribution in [-0.4, -0.2) is 32.6 Å². The molecule has 98 valence electrons. The molecule has 1 saturated heterocycles. The Bertz CT molecular complexity index is 597. The molecule has 0 aliphatic carbocycles. The lowest BCUT2D eigenvalue weighted by Crippen LogP contribution is -2.10. The lowest BCUT2D eigenvalue weighted by atomic mass is 10.2. The number of carbonyl (C=O) groups excluding carboxylic acids is 1. The molecule has 0 bridgehead atoms. The molecule has 0 unspecified atom stereocenters. The third-order valence-electron chi connectivity index (χ3n) is 3.00. The maximum absolute atomic E-state index is 11.5. The molecule has 1 aliphatic heterocycles. The summed E-state index contributed by atoms with van der Waals surface area (Å²) in [7, 11) is 1.91. The number of nitrogens with zero attached hydrogens (tertiary/aromatic N) is 3. The van der Waals surface area contributed by atoms with Crippen molar-refractivity contribution in [2.24, 2.45) is 7.05 Å². The number of aromatic nitrogens is 3. The summed E-state index contributed by atoms with van der Waals surface area (Å²) in [6, 6.07) is 9.87. The highest BCUT2D eigenvalue weighted by atomic mass is 32.2. The summed E-state index contributed by atoms with van der Waals surface area (Å²) in [6.07, 6.45) is 0.733. The van der Waals surface area contributed by atoms with Crippen LogP contribution in [0.4, 0.5) is 0 Å². The first kappa shape index (κ1) is 12.2. The highest BCUT2D eigenvalue weighted by molar-refractivity contribution is 8.00. The highest BCUT2D eigenvalue weighted by Gasteiger charge is 2.29. The lowest BCUT2D eigenvalue weighted by molar-refractivity contribution is -0.137. The van der Waals surface area contributed by atoms with Gasteiger partial charge < -0.3 is 9.30 Å². The minimum atomic E-state index is -0.161. The van der Waals surface area contributed by atoms with Crippen molar-refractivity contribution in [2.45, 2.75) is 16.8 Å². The lowest BCUT2D eigenvalue weighted by Gasteiger charge is -2.05. The molecule has 19 heavy (non-hydrogen) atoms. The van der Waals surface area contributed by atoms with E-state index in [0.29, 0.717) is 6.61 Å². The molecule has 3 rings (SSSR count). The summed E-state index contributed by atoms with van der Waals surface area (Å²) in [4.78, 5) is 11.5. The van der Waals surface area contributed by atoms with Crippen molar-refractivity contribution in [1.82, 2.24) is 14.8 Å². The van der Waals surface area contributed by atoms with Crippen molar-refractivity contribution < 1.29 is 9.53 Å². The minimum absolute atomic E-state index is 0.158. The van der Waals surface area contributed by atoms with E-state index in [-0.39, 0.29) is 11.2 Å². The number of benzene rings is 1. The van der Waals surface area contributed by atoms with Gasteiger partial charge in [-0.1, -0.05) is 42.1 Å². The van der Waals surface area contributed by atoms with E-state index < -0.39 is 0 Å². The fourth-order valence-electron chi connectivity index (χ4n) is 1.97. The monoisotopic (exact) mass is 275 g/mol. The summed E-state index contributed by atoms with van der Waals surface area (Å²) in [6.45, 7) is 0.500. The van der Waals surface area contributed by atoms with Crippen LogP contribution in [0, 0.1) is 0 Å². The van der Waals surface area contributed by atoms with E-state index >= 15 is 0 Å². The number of rotatable bonds is 3. The van der Waals surface area contributed by atoms with Crippen LogP contribution in [0.15, 0.2) is 35.5 Å². The van der Waals surface area contributed by atoms with Gasteiger partial charge in [-0.05, 0) is 0 Å². The van der Waals surface area contributed by atoms with E-state index in [1.54, 1.807) is 0 Å². The molecular weight excluding hydrogens is 262 g/mol. The van der Waals surface area contributed by atoms with E-state index in [9.17, 15) is 4.79 Å². The number of thioether (sulfide) groups is 1. The molecule has 1 aromatic heterocycles. The highest BCUT2D eigenvalue weighted by Crippen LogP contribution is 2.29. The summed E-state index contributed by atoms with van der Waals surface area (Å²) >= 11 is 1.42. The Morgan fingerprint density at radius 1 is 1.32 bits per heavy atom. The van der Waals surface area contributed by atoms with Crippen molar-refractivity contribution in [3.05, 3.63) is 30.3 Å². The molecule has 1 aliphatic rings. The number of hydrogen-bond acceptors (Lipinski definition) is 5. The maximum Gasteiger partial charge on any atom is 0.319 e. The van der Waals surface area contributed by atoms with E-state index in [1.165, 1.54) is 11.8 Å². The Morgan fingerprint density at radius 3 is 2.79 bits per heavy atom. The zero-order valence-corrected chi connectivity index (χ0v) is 11.3. The fourth-order valence-corrected chi connectivity index (χ4v) is 2.93. The van der Waals surface area contributed by atoms with E-state index in [4.69, 9.17) is 4.74 Å². The number of esters is 1. The Labute approximate surface area is 115 Å². The normalized spacial score (nSPS) is 18.6. The molecule has 6 heteroatoms. The van der Waals surface area contributed by atoms with Crippen LogP contribution in [0.1, 0.15) is 6.42 Å². The van der Waals surface area contributed by atoms with E-state index in [1.807, 2.05) is 41.9 Å². The molecule has 2 aromatic rings. The van der Waals surface area contributed by atoms with Gasteiger partial charge in [0.15, 0.2) is 11.0 Å². The number of carbonyl (C=O) groups is 1. The maximum atomic E-state index is 11.5. The predicted octanol–water partition coefficient (Wildman–Crippen LogP) is 1.89. The molecule has 5 nitrogen and oxygen atoms in total. The quantitative estimate of drug-likeness (QED) is 0.801. The second kappa shape index (κ2) is 5.05. The third-order valence-corrected chi connectivity index (χ3v) is 4.28. The molecular formula is C13H13N3O2S. The van der Waals surface area contributed by atoms with Crippen LogP contribution >= 0.6 is 11.8 Å². The van der Waals surface area contributed by atoms with Crippen molar-refractivity contribution in [2.75, 3.05) is 6.61 Å². The first-order valence-electron chi connectivity index (χ1n) is 6.04. The van der Waals surface area contributed by atoms with Gasteiger partial charge in [-0.25, -0.2) is 0 Å². The van der Waals surface area contributed by atoms with Crippen LogP contribution < -0.4 is 0 Å². The molecule has 0 spiro atoms. The number of cyclic esters (lactones) is 1. The Kier molecular flexibility index (Phi) is 3.25. The summed E-state index contributed by atoms with van der Waals surface area (Å²) in [5.41, 5.74) is 1.01. The first-order valence-corrected chi connectivity index (χ1v) is 6.92. The zero-order valence-electron chi connectivity index (χ0n) is 10.4. The van der Waals surface area contributed by atoms with Gasteiger partial charge in [0, 0.05) is 19.0 Å². The van der Waals surface area contributed by atoms with Crippen molar-refractivity contribution >= 4 is 17.7 Å². The van der Waals surface area contributed by atoms with Crippen LogP contribution in [-0.2, 0) is 16.6 Å². The average Bonchev–Trinajstić information content (AvgIpc) is 2.99. The molecule has 2 heterocycles. The predicted molar refractivity (Wildman–Crippen MR) is 71.7 cm³/mol. The summed E-state index contributed by atoms with van der Waals surface area (Å²) < 4.78 is 6.86. The van der Waals surface area contributed by atoms with Gasteiger partial charge in [0.05, 0.1) is 6.61 Å². The van der Waals surface area contributed by atoms with Crippen LogP contribution in [0.25, 0.3) is 11.4 Å². The van der Waals surface area contributed by atoms with Crippen LogP contribution in [0.2, 0.25) is 0 Å². The Balaban J connectivity index is 1.85. The van der Waals surface area contributed by atoms with Crippen molar-refractivity contribution in [3.8, 4) is 11.4 Å². The molecule has 0 saturated carbocycles. The first-order chi connectivity index (χ1) is 9.25. The molecule has 1 aromatic carbocycles. The van der Waals surface area contributed by atoms with Crippen LogP contribution in [0.3, 0.4) is 0 Å². The fraction of sp³-hybridized carbons (Fsp3) is 0.308. The van der Waals surface area contributed by atoms with Gasteiger partial charge in [0.2, 0.25) is 0 Å². The molecule has 0 amide bonds.